The lowest BCUT2D eigenvalue weighted by Gasteiger charge is -2.06. The zero-order chi connectivity index (χ0) is 11.5. The van der Waals surface area contributed by atoms with Gasteiger partial charge in [0, 0.05) is 19.6 Å². The van der Waals surface area contributed by atoms with Crippen LogP contribution in [0.2, 0.25) is 0 Å². The minimum Gasteiger partial charge on any atom is -0.317 e. The topological polar surface area (TPSA) is 17.1 Å². The van der Waals surface area contributed by atoms with E-state index in [9.17, 15) is 4.57 Å². The zero-order valence-electron chi connectivity index (χ0n) is 8.28. The van der Waals surface area contributed by atoms with Gasteiger partial charge in [-0.1, -0.05) is 68.3 Å². The second-order valence-corrected chi connectivity index (χ2v) is 6.73. The molecule has 0 amide bonds. The Hall–Kier alpha value is -0.370. The van der Waals surface area contributed by atoms with Crippen LogP contribution >= 0.6 is 39.7 Å². The highest BCUT2D eigenvalue weighted by molar-refractivity contribution is 9.11. The number of halogens is 2. The molecule has 0 aliphatic rings. The van der Waals surface area contributed by atoms with Crippen molar-refractivity contribution in [3.63, 3.8) is 0 Å². The van der Waals surface area contributed by atoms with Crippen LogP contribution in [0.3, 0.4) is 0 Å². The zero-order valence-corrected chi connectivity index (χ0v) is 12.5. The van der Waals surface area contributed by atoms with Crippen LogP contribution in [0.25, 0.3) is 0 Å². The van der Waals surface area contributed by atoms with E-state index in [1.165, 1.54) is 0 Å². The van der Waals surface area contributed by atoms with Crippen LogP contribution in [0.15, 0.2) is 57.5 Å². The summed E-state index contributed by atoms with van der Waals surface area (Å²) in [6, 6.07) is 15.3. The first-order chi connectivity index (χ1) is 7.70. The lowest BCUT2D eigenvalue weighted by Crippen LogP contribution is -2.08. The Morgan fingerprint density at radius 2 is 1.12 bits per heavy atom. The Morgan fingerprint density at radius 3 is 1.50 bits per heavy atom. The molecule has 2 rings (SSSR count). The fourth-order valence-electron chi connectivity index (χ4n) is 1.44. The van der Waals surface area contributed by atoms with Crippen LogP contribution in [-0.2, 0) is 4.57 Å². The third-order valence-electron chi connectivity index (χ3n) is 2.24. The minimum absolute atomic E-state index is 0.861. The predicted molar refractivity (Wildman–Crippen MR) is 76.6 cm³/mol. The lowest BCUT2D eigenvalue weighted by molar-refractivity contribution is 0.598. The molecule has 0 radical (unpaired) electrons. The maximum Gasteiger partial charge on any atom is 0.134 e. The highest BCUT2D eigenvalue weighted by Crippen LogP contribution is 2.27. The van der Waals surface area contributed by atoms with E-state index in [4.69, 9.17) is 0 Å². The van der Waals surface area contributed by atoms with Crippen LogP contribution in [0.1, 0.15) is 0 Å². The molecule has 0 unspecified atom stereocenters. The largest absolute Gasteiger partial charge is 0.317 e. The van der Waals surface area contributed by atoms with Gasteiger partial charge in [0.05, 0.1) is 0 Å². The van der Waals surface area contributed by atoms with E-state index in [0.717, 1.165) is 19.6 Å². The molecule has 0 N–H and O–H groups in total. The van der Waals surface area contributed by atoms with E-state index >= 15 is 0 Å². The number of hydrogen-bond donors (Lipinski definition) is 0. The van der Waals surface area contributed by atoms with E-state index in [0.29, 0.717) is 0 Å². The SMILES string of the molecule is O=[PH](c1ccccc1Br)c1ccccc1Br. The second-order valence-electron chi connectivity index (χ2n) is 3.29. The third kappa shape index (κ3) is 2.48. The van der Waals surface area contributed by atoms with E-state index in [1.54, 1.807) is 0 Å². The smallest absolute Gasteiger partial charge is 0.134 e. The van der Waals surface area contributed by atoms with Crippen molar-refractivity contribution >= 4 is 50.3 Å². The summed E-state index contributed by atoms with van der Waals surface area (Å²) < 4.78 is 14.2. The molecule has 0 aliphatic heterocycles. The third-order valence-corrected chi connectivity index (χ3v) is 6.20. The average molecular weight is 360 g/mol. The molecule has 0 atom stereocenters. The summed E-state index contributed by atoms with van der Waals surface area (Å²) in [5.41, 5.74) is 0. The molecule has 0 bridgehead atoms. The normalized spacial score (nSPS) is 10.7. The van der Waals surface area contributed by atoms with Gasteiger partial charge in [0.15, 0.2) is 0 Å². The quantitative estimate of drug-likeness (QED) is 0.747. The van der Waals surface area contributed by atoms with Gasteiger partial charge in [0.2, 0.25) is 0 Å². The van der Waals surface area contributed by atoms with Crippen molar-refractivity contribution in [1.29, 1.82) is 0 Å². The van der Waals surface area contributed by atoms with Gasteiger partial charge in [-0.2, -0.15) is 0 Å². The number of benzene rings is 2. The summed E-state index contributed by atoms with van der Waals surface area (Å²) in [5, 5.41) is 1.72. The van der Waals surface area contributed by atoms with Crippen molar-refractivity contribution in [3.8, 4) is 0 Å². The molecule has 4 heteroatoms. The fraction of sp³-hybridized carbons (Fsp3) is 0. The van der Waals surface area contributed by atoms with Gasteiger partial charge in [-0.15, -0.1) is 0 Å². The van der Waals surface area contributed by atoms with Crippen molar-refractivity contribution in [2.24, 2.45) is 0 Å². The van der Waals surface area contributed by atoms with Crippen LogP contribution in [0.5, 0.6) is 0 Å². The molecular weight excluding hydrogens is 351 g/mol. The molecule has 82 valence electrons. The highest BCUT2D eigenvalue weighted by Gasteiger charge is 2.12. The molecule has 0 fully saturated rings. The molecule has 16 heavy (non-hydrogen) atoms. The van der Waals surface area contributed by atoms with Gasteiger partial charge in [-0.05, 0) is 12.1 Å². The molecule has 0 spiro atoms. The second kappa shape index (κ2) is 5.31. The standard InChI is InChI=1S/C12H9Br2OP/c13-9-5-1-3-7-11(9)16(15)12-8-4-2-6-10(12)14/h1-8,16H. The van der Waals surface area contributed by atoms with Crippen molar-refractivity contribution in [3.05, 3.63) is 57.5 Å². The Kier molecular flexibility index (Phi) is 4.01. The molecule has 2 aromatic rings. The molecule has 0 aromatic heterocycles. The Labute approximate surface area is 112 Å². The van der Waals surface area contributed by atoms with Gasteiger partial charge in [0.25, 0.3) is 0 Å². The molecular formula is C12H9Br2OP. The van der Waals surface area contributed by atoms with Crippen LogP contribution in [0, 0.1) is 0 Å². The van der Waals surface area contributed by atoms with Gasteiger partial charge in [-0.25, -0.2) is 0 Å². The van der Waals surface area contributed by atoms with Crippen LogP contribution < -0.4 is 10.6 Å². The monoisotopic (exact) mass is 358 g/mol. The van der Waals surface area contributed by atoms with E-state index in [-0.39, 0.29) is 0 Å². The average Bonchev–Trinajstić information content (AvgIpc) is 2.29. The van der Waals surface area contributed by atoms with Gasteiger partial charge < -0.3 is 4.57 Å². The summed E-state index contributed by atoms with van der Waals surface area (Å²) in [5.74, 6) is 0. The van der Waals surface area contributed by atoms with Gasteiger partial charge in [-0.3, -0.25) is 0 Å². The molecule has 0 saturated carbocycles. The Balaban J connectivity index is 2.48. The first kappa shape index (κ1) is 12.1. The minimum atomic E-state index is -1.95. The fourth-order valence-corrected chi connectivity index (χ4v) is 4.47. The van der Waals surface area contributed by atoms with Crippen molar-refractivity contribution in [2.75, 3.05) is 0 Å². The summed E-state index contributed by atoms with van der Waals surface area (Å²) in [6.07, 6.45) is 0. The number of hydrogen-bond acceptors (Lipinski definition) is 1. The Morgan fingerprint density at radius 1 is 0.750 bits per heavy atom. The van der Waals surface area contributed by atoms with E-state index in [2.05, 4.69) is 31.9 Å². The van der Waals surface area contributed by atoms with Gasteiger partial charge in [0.1, 0.15) is 7.80 Å². The van der Waals surface area contributed by atoms with Crippen molar-refractivity contribution in [2.45, 2.75) is 0 Å². The molecule has 1 nitrogen and oxygen atoms in total. The number of rotatable bonds is 2. The molecule has 0 heterocycles. The predicted octanol–water partition coefficient (Wildman–Crippen LogP) is 3.72. The first-order valence-electron chi connectivity index (χ1n) is 4.74. The van der Waals surface area contributed by atoms with Gasteiger partial charge >= 0.3 is 0 Å². The summed E-state index contributed by atoms with van der Waals surface area (Å²) in [6.45, 7) is 0. The van der Waals surface area contributed by atoms with Crippen molar-refractivity contribution in [1.82, 2.24) is 0 Å². The molecule has 0 aliphatic carbocycles. The maximum absolute atomic E-state index is 12.4. The summed E-state index contributed by atoms with van der Waals surface area (Å²) in [7, 11) is -1.95. The van der Waals surface area contributed by atoms with E-state index in [1.807, 2.05) is 48.5 Å². The summed E-state index contributed by atoms with van der Waals surface area (Å²) in [4.78, 5) is 0. The molecule has 2 aromatic carbocycles. The first-order valence-corrected chi connectivity index (χ1v) is 7.73. The Bertz CT molecular complexity index is 493. The highest BCUT2D eigenvalue weighted by atomic mass is 79.9. The lowest BCUT2D eigenvalue weighted by atomic mass is 10.4. The van der Waals surface area contributed by atoms with Crippen LogP contribution in [-0.4, -0.2) is 0 Å². The van der Waals surface area contributed by atoms with E-state index < -0.39 is 7.80 Å². The maximum atomic E-state index is 12.4. The van der Waals surface area contributed by atoms with Crippen LogP contribution in [0.4, 0.5) is 0 Å². The summed E-state index contributed by atoms with van der Waals surface area (Å²) >= 11 is 6.86. The van der Waals surface area contributed by atoms with Crippen molar-refractivity contribution < 1.29 is 4.57 Å². The molecule has 0 saturated heterocycles.